The fourth-order valence-electron chi connectivity index (χ4n) is 3.64. The van der Waals surface area contributed by atoms with Gasteiger partial charge >= 0.3 is 0 Å². The number of rotatable bonds is 5. The summed E-state index contributed by atoms with van der Waals surface area (Å²) in [5.74, 6) is 1.90. The maximum Gasteiger partial charge on any atom is 0.223 e. The zero-order valence-corrected chi connectivity index (χ0v) is 14.9. The molecule has 1 aliphatic heterocycles. The Morgan fingerprint density at radius 2 is 2.27 bits per heavy atom. The van der Waals surface area contributed by atoms with E-state index < -0.39 is 0 Å². The molecular formula is C21H23N3O2. The molecule has 1 amide bonds. The molecule has 0 unspecified atom stereocenters. The maximum absolute atomic E-state index is 12.7. The van der Waals surface area contributed by atoms with Crippen LogP contribution in [0.3, 0.4) is 0 Å². The van der Waals surface area contributed by atoms with Crippen LogP contribution in [0.2, 0.25) is 0 Å². The summed E-state index contributed by atoms with van der Waals surface area (Å²) in [4.78, 5) is 22.7. The molecule has 0 radical (unpaired) electrons. The van der Waals surface area contributed by atoms with Crippen LogP contribution in [0.1, 0.15) is 42.5 Å². The smallest absolute Gasteiger partial charge is 0.223 e. The molecule has 3 heterocycles. The largest absolute Gasteiger partial charge is 0.469 e. The predicted molar refractivity (Wildman–Crippen MR) is 99.5 cm³/mol. The van der Waals surface area contributed by atoms with Gasteiger partial charge in [0.1, 0.15) is 11.6 Å². The summed E-state index contributed by atoms with van der Waals surface area (Å²) in [6.45, 7) is 2.87. The highest BCUT2D eigenvalue weighted by Gasteiger charge is 2.31. The monoisotopic (exact) mass is 349 g/mol. The summed E-state index contributed by atoms with van der Waals surface area (Å²) in [7, 11) is 0. The fraction of sp³-hybridized carbons (Fsp3) is 0.333. The quantitative estimate of drug-likeness (QED) is 0.748. The van der Waals surface area contributed by atoms with Crippen LogP contribution in [0.25, 0.3) is 11.3 Å². The molecule has 1 N–H and O–H groups in total. The molecule has 26 heavy (non-hydrogen) atoms. The van der Waals surface area contributed by atoms with E-state index in [1.165, 1.54) is 5.56 Å². The molecule has 1 atom stereocenters. The van der Waals surface area contributed by atoms with Crippen LogP contribution in [-0.2, 0) is 11.2 Å². The van der Waals surface area contributed by atoms with Gasteiger partial charge in [-0.1, -0.05) is 23.8 Å². The summed E-state index contributed by atoms with van der Waals surface area (Å²) in [5, 5.41) is 0. The molecule has 134 valence electrons. The first-order chi connectivity index (χ1) is 12.7. The molecule has 1 aromatic carbocycles. The van der Waals surface area contributed by atoms with Crippen molar-refractivity contribution < 1.29 is 9.21 Å². The van der Waals surface area contributed by atoms with Gasteiger partial charge in [-0.3, -0.25) is 4.79 Å². The molecule has 4 rings (SSSR count). The van der Waals surface area contributed by atoms with E-state index in [1.807, 2.05) is 29.3 Å². The average Bonchev–Trinajstić information content (AvgIpc) is 3.40. The zero-order chi connectivity index (χ0) is 17.9. The lowest BCUT2D eigenvalue weighted by Gasteiger charge is -2.23. The van der Waals surface area contributed by atoms with Crippen molar-refractivity contribution >= 4 is 5.91 Å². The summed E-state index contributed by atoms with van der Waals surface area (Å²) >= 11 is 0. The second kappa shape index (κ2) is 7.20. The Morgan fingerprint density at radius 1 is 1.35 bits per heavy atom. The first kappa shape index (κ1) is 16.6. The molecule has 1 aliphatic rings. The number of aryl methyl sites for hydroxylation is 2. The molecule has 0 saturated carbocycles. The third-order valence-electron chi connectivity index (χ3n) is 4.98. The lowest BCUT2D eigenvalue weighted by molar-refractivity contribution is -0.132. The van der Waals surface area contributed by atoms with Crippen molar-refractivity contribution in [3.63, 3.8) is 0 Å². The zero-order valence-electron chi connectivity index (χ0n) is 14.9. The van der Waals surface area contributed by atoms with Gasteiger partial charge in [0, 0.05) is 19.4 Å². The van der Waals surface area contributed by atoms with Crippen LogP contribution < -0.4 is 0 Å². The minimum absolute atomic E-state index is 0.0395. The number of benzene rings is 1. The first-order valence-electron chi connectivity index (χ1n) is 9.14. The number of hydrogen-bond acceptors (Lipinski definition) is 3. The number of amides is 1. The topological polar surface area (TPSA) is 62.1 Å². The van der Waals surface area contributed by atoms with Crippen molar-refractivity contribution in [1.29, 1.82) is 0 Å². The van der Waals surface area contributed by atoms with Gasteiger partial charge in [0.15, 0.2) is 0 Å². The van der Waals surface area contributed by atoms with E-state index in [4.69, 9.17) is 4.42 Å². The van der Waals surface area contributed by atoms with Gasteiger partial charge in [0.2, 0.25) is 5.91 Å². The van der Waals surface area contributed by atoms with Crippen molar-refractivity contribution in [3.8, 4) is 11.3 Å². The van der Waals surface area contributed by atoms with Crippen molar-refractivity contribution in [1.82, 2.24) is 14.9 Å². The number of nitrogens with zero attached hydrogens (tertiary/aromatic N) is 2. The molecule has 2 aromatic heterocycles. The number of carbonyl (C=O) groups is 1. The van der Waals surface area contributed by atoms with E-state index >= 15 is 0 Å². The normalized spacial score (nSPS) is 17.0. The number of imidazole rings is 1. The fourth-order valence-corrected chi connectivity index (χ4v) is 3.64. The number of aromatic nitrogens is 2. The standard InChI is InChI=1S/C21H23N3O2/c1-15-5-2-6-16(13-15)18-14-22-21(23-18)19-8-3-11-24(19)20(25)10-9-17-7-4-12-26-17/h2,4-7,12-14,19H,3,8-11H2,1H3,(H,22,23)/t19-/m0/s1. The molecule has 5 nitrogen and oxygen atoms in total. The van der Waals surface area contributed by atoms with E-state index in [-0.39, 0.29) is 11.9 Å². The van der Waals surface area contributed by atoms with E-state index in [0.29, 0.717) is 12.8 Å². The number of H-pyrrole nitrogens is 1. The highest BCUT2D eigenvalue weighted by atomic mass is 16.3. The SMILES string of the molecule is Cc1cccc(-c2cnc([C@@H]3CCCN3C(=O)CCc3ccco3)[nH]2)c1. The molecule has 0 bridgehead atoms. The third-order valence-corrected chi connectivity index (χ3v) is 4.98. The van der Waals surface area contributed by atoms with Crippen LogP contribution in [0.4, 0.5) is 0 Å². The number of furan rings is 1. The van der Waals surface area contributed by atoms with Gasteiger partial charge in [-0.05, 0) is 43.5 Å². The predicted octanol–water partition coefficient (Wildman–Crippen LogP) is 4.27. The van der Waals surface area contributed by atoms with Gasteiger partial charge in [0.05, 0.1) is 24.2 Å². The van der Waals surface area contributed by atoms with Crippen LogP contribution >= 0.6 is 0 Å². The van der Waals surface area contributed by atoms with Crippen molar-refractivity contribution in [3.05, 3.63) is 66.0 Å². The van der Waals surface area contributed by atoms with Gasteiger partial charge in [-0.25, -0.2) is 4.98 Å². The third kappa shape index (κ3) is 3.43. The van der Waals surface area contributed by atoms with Crippen molar-refractivity contribution in [2.75, 3.05) is 6.54 Å². The lowest BCUT2D eigenvalue weighted by Crippen LogP contribution is -2.31. The van der Waals surface area contributed by atoms with Crippen LogP contribution in [0.15, 0.2) is 53.3 Å². The van der Waals surface area contributed by atoms with Gasteiger partial charge < -0.3 is 14.3 Å². The number of hydrogen-bond donors (Lipinski definition) is 1. The Bertz CT molecular complexity index is 882. The number of nitrogens with one attached hydrogen (secondary N) is 1. The van der Waals surface area contributed by atoms with Gasteiger partial charge in [0.25, 0.3) is 0 Å². The molecule has 5 heteroatoms. The Morgan fingerprint density at radius 3 is 3.08 bits per heavy atom. The molecule has 0 spiro atoms. The summed E-state index contributed by atoms with van der Waals surface area (Å²) in [6, 6.07) is 12.1. The second-order valence-electron chi connectivity index (χ2n) is 6.88. The van der Waals surface area contributed by atoms with E-state index in [9.17, 15) is 4.79 Å². The first-order valence-corrected chi connectivity index (χ1v) is 9.14. The molecular weight excluding hydrogens is 326 g/mol. The molecule has 1 fully saturated rings. The second-order valence-corrected chi connectivity index (χ2v) is 6.88. The highest BCUT2D eigenvalue weighted by Crippen LogP contribution is 2.32. The van der Waals surface area contributed by atoms with Crippen molar-refractivity contribution in [2.45, 2.75) is 38.6 Å². The number of aromatic amines is 1. The Balaban J connectivity index is 1.47. The van der Waals surface area contributed by atoms with Gasteiger partial charge in [-0.15, -0.1) is 0 Å². The highest BCUT2D eigenvalue weighted by molar-refractivity contribution is 5.77. The minimum atomic E-state index is 0.0395. The average molecular weight is 349 g/mol. The Hall–Kier alpha value is -2.82. The Kier molecular flexibility index (Phi) is 4.61. The number of carbonyl (C=O) groups excluding carboxylic acids is 1. The molecule has 3 aromatic rings. The van der Waals surface area contributed by atoms with Crippen LogP contribution in [-0.4, -0.2) is 27.3 Å². The lowest BCUT2D eigenvalue weighted by atomic mass is 10.1. The molecule has 1 saturated heterocycles. The van der Waals surface area contributed by atoms with Gasteiger partial charge in [-0.2, -0.15) is 0 Å². The number of likely N-dealkylation sites (tertiary alicyclic amines) is 1. The maximum atomic E-state index is 12.7. The Labute approximate surface area is 153 Å². The minimum Gasteiger partial charge on any atom is -0.469 e. The van der Waals surface area contributed by atoms with Crippen LogP contribution in [0.5, 0.6) is 0 Å². The summed E-state index contributed by atoms with van der Waals surface area (Å²) < 4.78 is 5.33. The molecule has 0 aliphatic carbocycles. The van der Waals surface area contributed by atoms with Crippen molar-refractivity contribution in [2.24, 2.45) is 0 Å². The van der Waals surface area contributed by atoms with E-state index in [0.717, 1.165) is 42.2 Å². The van der Waals surface area contributed by atoms with E-state index in [2.05, 4.69) is 35.1 Å². The summed E-state index contributed by atoms with van der Waals surface area (Å²) in [5.41, 5.74) is 3.34. The van der Waals surface area contributed by atoms with Crippen LogP contribution in [0, 0.1) is 6.92 Å². The summed E-state index contributed by atoms with van der Waals surface area (Å²) in [6.07, 6.45) is 6.59. The van der Waals surface area contributed by atoms with E-state index in [1.54, 1.807) is 6.26 Å².